The number of anilines is 3. The van der Waals surface area contributed by atoms with Crippen molar-refractivity contribution in [2.45, 2.75) is 27.2 Å². The van der Waals surface area contributed by atoms with E-state index in [9.17, 15) is 0 Å². The minimum absolute atomic E-state index is 0.656. The number of nitrogens with zero attached hydrogens (tertiary/aromatic N) is 2. The first-order chi connectivity index (χ1) is 9.60. The van der Waals surface area contributed by atoms with Crippen molar-refractivity contribution in [1.29, 1.82) is 0 Å². The molecule has 0 fully saturated rings. The first kappa shape index (κ1) is 14.8. The molecule has 2 N–H and O–H groups in total. The lowest BCUT2D eigenvalue weighted by Gasteiger charge is -2.12. The maximum Gasteiger partial charge on any atom is 0.224 e. The van der Waals surface area contributed by atoms with Gasteiger partial charge in [-0.3, -0.25) is 0 Å². The molecule has 4 nitrogen and oxygen atoms in total. The van der Waals surface area contributed by atoms with E-state index in [1.807, 2.05) is 19.2 Å². The monoisotopic (exact) mass is 334 g/mol. The highest BCUT2D eigenvalue weighted by molar-refractivity contribution is 9.10. The molecule has 0 aliphatic heterocycles. The summed E-state index contributed by atoms with van der Waals surface area (Å²) in [4.78, 5) is 8.80. The van der Waals surface area contributed by atoms with E-state index in [-0.39, 0.29) is 0 Å². The molecule has 5 heteroatoms. The van der Waals surface area contributed by atoms with Gasteiger partial charge in [-0.25, -0.2) is 4.98 Å². The Morgan fingerprint density at radius 1 is 1.25 bits per heavy atom. The molecule has 0 unspecified atom stereocenters. The van der Waals surface area contributed by atoms with E-state index in [0.717, 1.165) is 34.5 Å². The summed E-state index contributed by atoms with van der Waals surface area (Å²) in [6, 6.07) is 6.19. The zero-order valence-corrected chi connectivity index (χ0v) is 13.6. The first-order valence-corrected chi connectivity index (χ1v) is 7.50. The van der Waals surface area contributed by atoms with Crippen molar-refractivity contribution in [1.82, 2.24) is 9.97 Å². The Labute approximate surface area is 128 Å². The van der Waals surface area contributed by atoms with Gasteiger partial charge in [-0.05, 0) is 53.9 Å². The number of rotatable bonds is 5. The highest BCUT2D eigenvalue weighted by Crippen LogP contribution is 2.27. The molecule has 1 heterocycles. The third kappa shape index (κ3) is 3.70. The van der Waals surface area contributed by atoms with Gasteiger partial charge in [0.15, 0.2) is 0 Å². The number of aryl methyl sites for hydroxylation is 2. The van der Waals surface area contributed by atoms with E-state index in [0.29, 0.717) is 5.95 Å². The van der Waals surface area contributed by atoms with Crippen LogP contribution in [-0.4, -0.2) is 16.5 Å². The van der Waals surface area contributed by atoms with Crippen LogP contribution in [-0.2, 0) is 0 Å². The third-order valence-electron chi connectivity index (χ3n) is 2.88. The molecule has 0 aliphatic carbocycles. The Balaban J connectivity index is 2.23. The van der Waals surface area contributed by atoms with Crippen molar-refractivity contribution in [3.63, 3.8) is 0 Å². The van der Waals surface area contributed by atoms with Gasteiger partial charge in [-0.1, -0.05) is 13.0 Å². The summed E-state index contributed by atoms with van der Waals surface area (Å²) in [5.41, 5.74) is 3.23. The maximum atomic E-state index is 4.51. The molecular weight excluding hydrogens is 316 g/mol. The fourth-order valence-electron chi connectivity index (χ4n) is 1.74. The van der Waals surface area contributed by atoms with Gasteiger partial charge in [-0.2, -0.15) is 4.98 Å². The predicted octanol–water partition coefficient (Wildman–Crippen LogP) is 4.42. The van der Waals surface area contributed by atoms with Gasteiger partial charge in [0.1, 0.15) is 5.82 Å². The molecular formula is C15H19BrN4. The van der Waals surface area contributed by atoms with Gasteiger partial charge in [0.2, 0.25) is 5.95 Å². The maximum absolute atomic E-state index is 4.51. The summed E-state index contributed by atoms with van der Waals surface area (Å²) in [5.74, 6) is 1.48. The molecule has 20 heavy (non-hydrogen) atoms. The van der Waals surface area contributed by atoms with Gasteiger partial charge in [0.25, 0.3) is 0 Å². The van der Waals surface area contributed by atoms with Gasteiger partial charge in [-0.15, -0.1) is 0 Å². The smallest absolute Gasteiger partial charge is 0.224 e. The summed E-state index contributed by atoms with van der Waals surface area (Å²) in [6.45, 7) is 7.05. The lowest BCUT2D eigenvalue weighted by Crippen LogP contribution is -2.07. The molecule has 0 spiro atoms. The van der Waals surface area contributed by atoms with E-state index >= 15 is 0 Å². The zero-order valence-electron chi connectivity index (χ0n) is 12.0. The van der Waals surface area contributed by atoms with Crippen LogP contribution in [0.3, 0.4) is 0 Å². The number of aromatic nitrogens is 2. The standard InChI is InChI=1S/C15H19BrN4/c1-4-7-17-15-18-9-11(3)14(20-15)19-13-6-5-10(2)8-12(13)16/h5-6,8-9H,4,7H2,1-3H3,(H2,17,18,19,20). The fraction of sp³-hybridized carbons (Fsp3) is 0.333. The number of nitrogens with one attached hydrogen (secondary N) is 2. The predicted molar refractivity (Wildman–Crippen MR) is 87.7 cm³/mol. The summed E-state index contributed by atoms with van der Waals surface area (Å²) in [5, 5.41) is 6.54. The van der Waals surface area contributed by atoms with Crippen LogP contribution in [0.5, 0.6) is 0 Å². The van der Waals surface area contributed by atoms with E-state index in [2.05, 4.69) is 62.5 Å². The van der Waals surface area contributed by atoms with Crippen molar-refractivity contribution in [3.05, 3.63) is 40.0 Å². The molecule has 1 aromatic heterocycles. The summed E-state index contributed by atoms with van der Waals surface area (Å²) in [6.07, 6.45) is 2.87. The molecule has 0 amide bonds. The van der Waals surface area contributed by atoms with Gasteiger partial charge >= 0.3 is 0 Å². The van der Waals surface area contributed by atoms with Crippen molar-refractivity contribution >= 4 is 33.4 Å². The number of hydrogen-bond acceptors (Lipinski definition) is 4. The van der Waals surface area contributed by atoms with Crippen LogP contribution in [0, 0.1) is 13.8 Å². The van der Waals surface area contributed by atoms with Crippen molar-refractivity contribution in [2.24, 2.45) is 0 Å². The zero-order chi connectivity index (χ0) is 14.5. The van der Waals surface area contributed by atoms with Gasteiger partial charge in [0.05, 0.1) is 5.69 Å². The largest absolute Gasteiger partial charge is 0.354 e. The SMILES string of the molecule is CCCNc1ncc(C)c(Nc2ccc(C)cc2Br)n1. The first-order valence-electron chi connectivity index (χ1n) is 6.71. The molecule has 0 saturated carbocycles. The molecule has 106 valence electrons. The van der Waals surface area contributed by atoms with Crippen molar-refractivity contribution in [3.8, 4) is 0 Å². The highest BCUT2D eigenvalue weighted by Gasteiger charge is 2.06. The summed E-state index contributed by atoms with van der Waals surface area (Å²) < 4.78 is 1.03. The normalized spacial score (nSPS) is 10.4. The van der Waals surface area contributed by atoms with Gasteiger partial charge < -0.3 is 10.6 Å². The molecule has 0 bridgehead atoms. The van der Waals surface area contributed by atoms with E-state index in [4.69, 9.17) is 0 Å². The topological polar surface area (TPSA) is 49.8 Å². The summed E-state index contributed by atoms with van der Waals surface area (Å²) >= 11 is 3.57. The fourth-order valence-corrected chi connectivity index (χ4v) is 2.33. The van der Waals surface area contributed by atoms with E-state index < -0.39 is 0 Å². The van der Waals surface area contributed by atoms with E-state index in [1.54, 1.807) is 0 Å². The molecule has 2 rings (SSSR count). The lowest BCUT2D eigenvalue weighted by atomic mass is 10.2. The second-order valence-corrected chi connectivity index (χ2v) is 5.61. The minimum atomic E-state index is 0.656. The van der Waals surface area contributed by atoms with Crippen molar-refractivity contribution < 1.29 is 0 Å². The molecule has 0 saturated heterocycles. The quantitative estimate of drug-likeness (QED) is 0.849. The Kier molecular flexibility index (Phi) is 4.95. The average molecular weight is 335 g/mol. The van der Waals surface area contributed by atoms with Crippen LogP contribution < -0.4 is 10.6 Å². The molecule has 0 radical (unpaired) electrons. The molecule has 1 aromatic carbocycles. The third-order valence-corrected chi connectivity index (χ3v) is 3.54. The second-order valence-electron chi connectivity index (χ2n) is 4.76. The molecule has 2 aromatic rings. The highest BCUT2D eigenvalue weighted by atomic mass is 79.9. The summed E-state index contributed by atoms with van der Waals surface area (Å²) in [7, 11) is 0. The van der Waals surface area contributed by atoms with Crippen molar-refractivity contribution in [2.75, 3.05) is 17.2 Å². The van der Waals surface area contributed by atoms with Crippen LogP contribution in [0.4, 0.5) is 17.5 Å². The van der Waals surface area contributed by atoms with E-state index in [1.165, 1.54) is 5.56 Å². The van der Waals surface area contributed by atoms with Crippen LogP contribution in [0.1, 0.15) is 24.5 Å². The Hall–Kier alpha value is -1.62. The molecule has 0 aliphatic rings. The molecule has 0 atom stereocenters. The number of benzene rings is 1. The number of hydrogen-bond donors (Lipinski definition) is 2. The Morgan fingerprint density at radius 2 is 2.05 bits per heavy atom. The second kappa shape index (κ2) is 6.70. The Morgan fingerprint density at radius 3 is 2.75 bits per heavy atom. The lowest BCUT2D eigenvalue weighted by molar-refractivity contribution is 0.950. The van der Waals surface area contributed by atoms with Gasteiger partial charge in [0, 0.05) is 22.8 Å². The average Bonchev–Trinajstić information content (AvgIpc) is 2.42. The number of halogens is 1. The van der Waals surface area contributed by atoms with Crippen LogP contribution in [0.25, 0.3) is 0 Å². The minimum Gasteiger partial charge on any atom is -0.354 e. The van der Waals surface area contributed by atoms with Crippen LogP contribution in [0.15, 0.2) is 28.9 Å². The van der Waals surface area contributed by atoms with Crippen LogP contribution >= 0.6 is 15.9 Å². The Bertz CT molecular complexity index is 598. The van der Waals surface area contributed by atoms with Crippen LogP contribution in [0.2, 0.25) is 0 Å².